The summed E-state index contributed by atoms with van der Waals surface area (Å²) in [5.74, 6) is 0. The Labute approximate surface area is 126 Å². The van der Waals surface area contributed by atoms with Crippen LogP contribution < -0.4 is 10.2 Å². The van der Waals surface area contributed by atoms with E-state index in [1.54, 1.807) is 6.08 Å². The highest BCUT2D eigenvalue weighted by Gasteiger charge is 2.42. The van der Waals surface area contributed by atoms with E-state index < -0.39 is 18.2 Å². The van der Waals surface area contributed by atoms with Gasteiger partial charge in [-0.3, -0.25) is 0 Å². The van der Waals surface area contributed by atoms with Crippen LogP contribution in [0.1, 0.15) is 12.0 Å². The molecule has 1 unspecified atom stereocenters. The first kappa shape index (κ1) is 16.1. The van der Waals surface area contributed by atoms with Gasteiger partial charge in [0.15, 0.2) is 0 Å². The van der Waals surface area contributed by atoms with Crippen LogP contribution in [0.15, 0.2) is 35.3 Å². The van der Waals surface area contributed by atoms with Crippen LogP contribution in [0.25, 0.3) is 6.08 Å². The number of hydrogen-bond donors (Lipinski definition) is 1. The number of nitrogens with zero attached hydrogens (tertiary/aromatic N) is 2. The molecule has 0 saturated heterocycles. The molecule has 7 heteroatoms. The van der Waals surface area contributed by atoms with E-state index in [4.69, 9.17) is 0 Å². The largest absolute Gasteiger partial charge is 0.409 e. The molecular weight excluding hydrogens is 295 g/mol. The number of aliphatic imine (C=N–C) groups is 1. The monoisotopic (exact) mass is 311 g/mol. The third-order valence-electron chi connectivity index (χ3n) is 3.23. The topological polar surface area (TPSA) is 44.7 Å². The van der Waals surface area contributed by atoms with Gasteiger partial charge in [-0.15, -0.1) is 0 Å². The molecule has 0 saturated carbocycles. The standard InChI is InChI=1S/C15H16F3N3O/c1-21(2)12-7-4-10(5-8-12)3-6-11-9-13(15(16,17)18)20-14(22)19-11/h3-8,13H,9H2,1-2H3,(H,20,22)/b6-3+. The Morgan fingerprint density at radius 3 is 2.41 bits per heavy atom. The summed E-state index contributed by atoms with van der Waals surface area (Å²) in [5.41, 5.74) is 1.95. The number of allylic oxidation sites excluding steroid dienone is 1. The molecule has 0 aliphatic carbocycles. The highest BCUT2D eigenvalue weighted by atomic mass is 19.4. The lowest BCUT2D eigenvalue weighted by Gasteiger charge is -2.23. The van der Waals surface area contributed by atoms with Crippen molar-refractivity contribution in [1.82, 2.24) is 5.32 Å². The number of benzene rings is 1. The number of hydrogen-bond acceptors (Lipinski definition) is 2. The fourth-order valence-electron chi connectivity index (χ4n) is 2.00. The van der Waals surface area contributed by atoms with E-state index >= 15 is 0 Å². The Balaban J connectivity index is 2.10. The molecule has 4 nitrogen and oxygen atoms in total. The van der Waals surface area contributed by atoms with Crippen LogP contribution in [0.3, 0.4) is 0 Å². The Morgan fingerprint density at radius 1 is 1.23 bits per heavy atom. The Hall–Kier alpha value is -2.31. The maximum atomic E-state index is 12.7. The Kier molecular flexibility index (Phi) is 4.54. The average molecular weight is 311 g/mol. The fraction of sp³-hybridized carbons (Fsp3) is 0.333. The van der Waals surface area contributed by atoms with Gasteiger partial charge in [0.2, 0.25) is 0 Å². The molecule has 1 aromatic carbocycles. The van der Waals surface area contributed by atoms with Crippen molar-refractivity contribution >= 4 is 23.5 Å². The van der Waals surface area contributed by atoms with Crippen LogP contribution in [0.4, 0.5) is 23.7 Å². The molecule has 0 radical (unpaired) electrons. The van der Waals surface area contributed by atoms with Gasteiger partial charge in [0.1, 0.15) is 6.04 Å². The summed E-state index contributed by atoms with van der Waals surface area (Å²) in [7, 11) is 3.83. The maximum Gasteiger partial charge on any atom is 0.409 e. The molecule has 1 atom stereocenters. The minimum absolute atomic E-state index is 0.114. The van der Waals surface area contributed by atoms with Gasteiger partial charge in [0, 0.05) is 31.9 Å². The predicted molar refractivity (Wildman–Crippen MR) is 80.2 cm³/mol. The molecule has 1 N–H and O–H groups in total. The second-order valence-electron chi connectivity index (χ2n) is 5.17. The number of carbonyl (C=O) groups excluding carboxylic acids is 1. The lowest BCUT2D eigenvalue weighted by Crippen LogP contribution is -2.48. The number of halogens is 3. The lowest BCUT2D eigenvalue weighted by molar-refractivity contribution is -0.151. The molecule has 22 heavy (non-hydrogen) atoms. The number of amides is 2. The number of nitrogens with one attached hydrogen (secondary N) is 1. The average Bonchev–Trinajstić information content (AvgIpc) is 2.44. The van der Waals surface area contributed by atoms with E-state index in [9.17, 15) is 18.0 Å². The number of anilines is 1. The van der Waals surface area contributed by atoms with Gasteiger partial charge in [-0.05, 0) is 23.8 Å². The molecule has 2 rings (SSSR count). The zero-order valence-corrected chi connectivity index (χ0v) is 12.2. The summed E-state index contributed by atoms with van der Waals surface area (Å²) in [4.78, 5) is 16.7. The van der Waals surface area contributed by atoms with E-state index in [0.717, 1.165) is 11.3 Å². The second kappa shape index (κ2) is 6.21. The normalized spacial score (nSPS) is 19.0. The van der Waals surface area contributed by atoms with Gasteiger partial charge in [0.05, 0.1) is 0 Å². The molecule has 2 amide bonds. The SMILES string of the molecule is CN(C)c1ccc(/C=C/C2=NC(=O)NC(C(F)(F)F)C2)cc1. The molecular formula is C15H16F3N3O. The molecule has 1 aromatic rings. The number of rotatable bonds is 3. The zero-order chi connectivity index (χ0) is 16.3. The second-order valence-corrected chi connectivity index (χ2v) is 5.17. The van der Waals surface area contributed by atoms with Crippen molar-refractivity contribution in [3.63, 3.8) is 0 Å². The first-order valence-electron chi connectivity index (χ1n) is 6.66. The van der Waals surface area contributed by atoms with Gasteiger partial charge in [-0.25, -0.2) is 4.79 Å². The number of alkyl halides is 3. The molecule has 1 aliphatic heterocycles. The van der Waals surface area contributed by atoms with E-state index in [1.165, 1.54) is 6.08 Å². The summed E-state index contributed by atoms with van der Waals surface area (Å²) in [5, 5.41) is 1.81. The van der Waals surface area contributed by atoms with Crippen LogP contribution in [0, 0.1) is 0 Å². The summed E-state index contributed by atoms with van der Waals surface area (Å²) < 4.78 is 38.0. The summed E-state index contributed by atoms with van der Waals surface area (Å²) in [6.07, 6.45) is -1.74. The molecule has 118 valence electrons. The Bertz CT molecular complexity index is 603. The first-order chi connectivity index (χ1) is 10.3. The third-order valence-corrected chi connectivity index (χ3v) is 3.23. The number of carbonyl (C=O) groups is 1. The van der Waals surface area contributed by atoms with Gasteiger partial charge < -0.3 is 10.2 Å². The van der Waals surface area contributed by atoms with Crippen molar-refractivity contribution in [3.8, 4) is 0 Å². The zero-order valence-electron chi connectivity index (χ0n) is 12.2. The quantitative estimate of drug-likeness (QED) is 0.931. The van der Waals surface area contributed by atoms with E-state index in [1.807, 2.05) is 48.6 Å². The highest BCUT2D eigenvalue weighted by Crippen LogP contribution is 2.25. The fourth-order valence-corrected chi connectivity index (χ4v) is 2.00. The van der Waals surface area contributed by atoms with Crippen LogP contribution in [-0.2, 0) is 0 Å². The maximum absolute atomic E-state index is 12.7. The van der Waals surface area contributed by atoms with Crippen molar-refractivity contribution in [2.75, 3.05) is 19.0 Å². The van der Waals surface area contributed by atoms with Crippen LogP contribution >= 0.6 is 0 Å². The molecule has 1 heterocycles. The summed E-state index contributed by atoms with van der Waals surface area (Å²) in [6, 6.07) is 4.64. The first-order valence-corrected chi connectivity index (χ1v) is 6.66. The molecule has 0 fully saturated rings. The van der Waals surface area contributed by atoms with Crippen LogP contribution in [-0.4, -0.2) is 38.1 Å². The van der Waals surface area contributed by atoms with Crippen molar-refractivity contribution < 1.29 is 18.0 Å². The minimum Gasteiger partial charge on any atom is -0.378 e. The molecule has 0 spiro atoms. The Morgan fingerprint density at radius 2 is 1.86 bits per heavy atom. The van der Waals surface area contributed by atoms with Crippen LogP contribution in [0.5, 0.6) is 0 Å². The molecule has 0 bridgehead atoms. The predicted octanol–water partition coefficient (Wildman–Crippen LogP) is 3.25. The smallest absolute Gasteiger partial charge is 0.378 e. The summed E-state index contributed by atoms with van der Waals surface area (Å²) >= 11 is 0. The van der Waals surface area contributed by atoms with Crippen molar-refractivity contribution in [2.45, 2.75) is 18.6 Å². The van der Waals surface area contributed by atoms with Crippen molar-refractivity contribution in [1.29, 1.82) is 0 Å². The summed E-state index contributed by atoms with van der Waals surface area (Å²) in [6.45, 7) is 0. The van der Waals surface area contributed by atoms with Crippen molar-refractivity contribution in [2.24, 2.45) is 4.99 Å². The number of urea groups is 1. The highest BCUT2D eigenvalue weighted by molar-refractivity contribution is 6.06. The van der Waals surface area contributed by atoms with Crippen LogP contribution in [0.2, 0.25) is 0 Å². The molecule has 0 aromatic heterocycles. The van der Waals surface area contributed by atoms with Gasteiger partial charge in [0.25, 0.3) is 0 Å². The van der Waals surface area contributed by atoms with Gasteiger partial charge in [-0.2, -0.15) is 18.2 Å². The van der Waals surface area contributed by atoms with E-state index in [2.05, 4.69) is 4.99 Å². The third kappa shape index (κ3) is 4.09. The van der Waals surface area contributed by atoms with Gasteiger partial charge >= 0.3 is 12.2 Å². The van der Waals surface area contributed by atoms with Crippen molar-refractivity contribution in [3.05, 3.63) is 35.9 Å². The van der Waals surface area contributed by atoms with E-state index in [0.29, 0.717) is 0 Å². The van der Waals surface area contributed by atoms with Gasteiger partial charge in [-0.1, -0.05) is 18.2 Å². The molecule has 1 aliphatic rings. The van der Waals surface area contributed by atoms with E-state index in [-0.39, 0.29) is 12.1 Å². The lowest BCUT2D eigenvalue weighted by atomic mass is 10.1. The minimum atomic E-state index is -4.47.